The Morgan fingerprint density at radius 1 is 0.688 bits per heavy atom. The Balaban J connectivity index is 2.83. The zero-order valence-corrected chi connectivity index (χ0v) is 31.5. The summed E-state index contributed by atoms with van der Waals surface area (Å²) in [4.78, 5) is 60.1. The molecule has 268 valence electrons. The number of carbonyl (C=O) groups is 4. The van der Waals surface area contributed by atoms with Gasteiger partial charge in [-0.2, -0.15) is 0 Å². The molecule has 1 saturated heterocycles. The molecule has 0 saturated carbocycles. The van der Waals surface area contributed by atoms with Gasteiger partial charge in [0.15, 0.2) is 0 Å². The summed E-state index contributed by atoms with van der Waals surface area (Å²) in [7, 11) is -0.722. The van der Waals surface area contributed by atoms with Gasteiger partial charge in [-0.1, -0.05) is 24.3 Å². The SMILES string of the molecule is CC(C)(C)OC(=O)/N=C(\N(Cc1cccc(B2OC(C)(C)C(C)(C)O2)c1)C(=O)OC(C)(C)C)N(C(=O)OC(C)(C)C)C(=O)OC(C)(C)C. The van der Waals surface area contributed by atoms with Crippen molar-refractivity contribution < 1.29 is 47.4 Å². The Labute approximate surface area is 285 Å². The molecule has 0 bridgehead atoms. The monoisotopic (exact) mass is 675 g/mol. The molecule has 1 aliphatic heterocycles. The van der Waals surface area contributed by atoms with Gasteiger partial charge in [0.05, 0.1) is 17.7 Å². The lowest BCUT2D eigenvalue weighted by atomic mass is 9.78. The summed E-state index contributed by atoms with van der Waals surface area (Å²) in [6.45, 7) is 26.7. The van der Waals surface area contributed by atoms with Gasteiger partial charge in [-0.15, -0.1) is 9.89 Å². The first kappa shape index (κ1) is 40.5. The third-order valence-corrected chi connectivity index (χ3v) is 6.61. The zero-order chi connectivity index (χ0) is 37.3. The second kappa shape index (κ2) is 14.1. The highest BCUT2D eigenvalue weighted by Gasteiger charge is 2.52. The first-order valence-corrected chi connectivity index (χ1v) is 15.9. The number of hydrogen-bond acceptors (Lipinski definition) is 10. The molecule has 0 radical (unpaired) electrons. The number of rotatable bonds is 3. The van der Waals surface area contributed by atoms with E-state index in [-0.39, 0.29) is 6.54 Å². The van der Waals surface area contributed by atoms with Crippen LogP contribution in [0.1, 0.15) is 116 Å². The van der Waals surface area contributed by atoms with Crippen molar-refractivity contribution in [2.24, 2.45) is 4.99 Å². The Morgan fingerprint density at radius 2 is 1.10 bits per heavy atom. The molecule has 48 heavy (non-hydrogen) atoms. The molecule has 2 rings (SSSR count). The van der Waals surface area contributed by atoms with Crippen molar-refractivity contribution in [2.75, 3.05) is 0 Å². The third kappa shape index (κ3) is 12.1. The number of ether oxygens (including phenoxy) is 4. The molecule has 1 fully saturated rings. The summed E-state index contributed by atoms with van der Waals surface area (Å²) in [5, 5.41) is 0. The molecule has 1 aliphatic rings. The number of nitrogens with zero attached hydrogens (tertiary/aromatic N) is 3. The summed E-state index contributed by atoms with van der Waals surface area (Å²) >= 11 is 0. The highest BCUT2D eigenvalue weighted by atomic mass is 16.7. The fourth-order valence-electron chi connectivity index (χ4n) is 3.98. The van der Waals surface area contributed by atoms with E-state index < -0.39 is 71.1 Å². The Bertz CT molecular complexity index is 1350. The maximum absolute atomic E-state index is 14.0. The lowest BCUT2D eigenvalue weighted by molar-refractivity contribution is 0.00578. The van der Waals surface area contributed by atoms with Gasteiger partial charge in [0, 0.05) is 0 Å². The molecule has 1 aromatic carbocycles. The zero-order valence-electron chi connectivity index (χ0n) is 31.5. The van der Waals surface area contributed by atoms with Crippen LogP contribution in [0, 0.1) is 0 Å². The van der Waals surface area contributed by atoms with Gasteiger partial charge < -0.3 is 28.3 Å². The maximum atomic E-state index is 14.0. The van der Waals surface area contributed by atoms with E-state index in [1.54, 1.807) is 101 Å². The number of imide groups is 1. The normalized spacial score (nSPS) is 16.6. The molecule has 0 spiro atoms. The van der Waals surface area contributed by atoms with Gasteiger partial charge in [-0.05, 0) is 122 Å². The van der Waals surface area contributed by atoms with Crippen LogP contribution >= 0.6 is 0 Å². The summed E-state index contributed by atoms with van der Waals surface area (Å²) in [6, 6.07) is 7.01. The molecule has 4 amide bonds. The van der Waals surface area contributed by atoms with Gasteiger partial charge in [0.1, 0.15) is 22.4 Å². The summed E-state index contributed by atoms with van der Waals surface area (Å²) < 4.78 is 34.7. The minimum atomic E-state index is -1.25. The van der Waals surface area contributed by atoms with Crippen LogP contribution in [-0.2, 0) is 34.8 Å². The molecule has 0 N–H and O–H groups in total. The van der Waals surface area contributed by atoms with Gasteiger partial charge >= 0.3 is 31.5 Å². The minimum Gasteiger partial charge on any atom is -0.443 e. The molecule has 1 heterocycles. The second-order valence-corrected chi connectivity index (χ2v) is 16.6. The maximum Gasteiger partial charge on any atom is 0.494 e. The number of carbonyl (C=O) groups excluding carboxylic acids is 4. The van der Waals surface area contributed by atoms with E-state index in [4.69, 9.17) is 28.3 Å². The number of benzene rings is 1. The Morgan fingerprint density at radius 3 is 1.52 bits per heavy atom. The van der Waals surface area contributed by atoms with Gasteiger partial charge in [-0.25, -0.2) is 24.1 Å². The van der Waals surface area contributed by atoms with Crippen molar-refractivity contribution in [2.45, 2.75) is 151 Å². The van der Waals surface area contributed by atoms with Gasteiger partial charge in [0.2, 0.25) is 5.96 Å². The van der Waals surface area contributed by atoms with E-state index >= 15 is 0 Å². The van der Waals surface area contributed by atoms with Crippen molar-refractivity contribution in [1.29, 1.82) is 0 Å². The van der Waals surface area contributed by atoms with E-state index in [1.807, 2.05) is 33.8 Å². The van der Waals surface area contributed by atoms with E-state index in [0.29, 0.717) is 15.9 Å². The number of hydrogen-bond donors (Lipinski definition) is 0. The third-order valence-electron chi connectivity index (χ3n) is 6.61. The summed E-state index contributed by atoms with van der Waals surface area (Å²) in [5.41, 5.74) is -4.29. The quantitative estimate of drug-likeness (QED) is 0.140. The second-order valence-electron chi connectivity index (χ2n) is 16.6. The lowest BCUT2D eigenvalue weighted by Gasteiger charge is -2.34. The predicted molar refractivity (Wildman–Crippen MR) is 182 cm³/mol. The molecule has 0 atom stereocenters. The van der Waals surface area contributed by atoms with Crippen LogP contribution in [0.15, 0.2) is 29.3 Å². The standard InChI is InChI=1S/C34H54BN3O10/c1-29(2,3)43-25(39)36-24(38(27(41)45-31(7,8)9)28(42)46-32(10,11)12)37(26(40)44-30(4,5)6)21-22-18-17-19-23(20-22)35-47-33(13,14)34(15,16)48-35/h17-20H,21H2,1-16H3/b36-24+. The van der Waals surface area contributed by atoms with E-state index in [1.165, 1.54) is 0 Å². The molecule has 1 aromatic rings. The first-order chi connectivity index (χ1) is 21.4. The van der Waals surface area contributed by atoms with Crippen LogP contribution < -0.4 is 5.46 Å². The highest BCUT2D eigenvalue weighted by molar-refractivity contribution is 6.62. The molecule has 0 aliphatic carbocycles. The Hall–Kier alpha value is -3.65. The average molecular weight is 676 g/mol. The van der Waals surface area contributed by atoms with Crippen LogP contribution in [0.2, 0.25) is 0 Å². The van der Waals surface area contributed by atoms with Crippen molar-refractivity contribution in [1.82, 2.24) is 9.80 Å². The molecular formula is C34H54BN3O10. The fraction of sp³-hybridized carbons (Fsp3) is 0.676. The molecule has 13 nitrogen and oxygen atoms in total. The topological polar surface area (TPSA) is 142 Å². The van der Waals surface area contributed by atoms with Crippen LogP contribution in [0.3, 0.4) is 0 Å². The predicted octanol–water partition coefficient (Wildman–Crippen LogP) is 7.19. The van der Waals surface area contributed by atoms with E-state index in [9.17, 15) is 19.2 Å². The van der Waals surface area contributed by atoms with Gasteiger partial charge in [-0.3, -0.25) is 0 Å². The fourth-order valence-corrected chi connectivity index (χ4v) is 3.98. The lowest BCUT2D eigenvalue weighted by Crippen LogP contribution is -2.55. The van der Waals surface area contributed by atoms with Crippen LogP contribution in [-0.4, -0.2) is 80.9 Å². The van der Waals surface area contributed by atoms with Crippen LogP contribution in [0.25, 0.3) is 0 Å². The summed E-state index contributed by atoms with van der Waals surface area (Å²) in [5.74, 6) is -0.747. The number of amides is 4. The smallest absolute Gasteiger partial charge is 0.443 e. The highest BCUT2D eigenvalue weighted by Crippen LogP contribution is 2.36. The molecule has 14 heteroatoms. The van der Waals surface area contributed by atoms with Gasteiger partial charge in [0.25, 0.3) is 0 Å². The van der Waals surface area contributed by atoms with E-state index in [0.717, 1.165) is 4.90 Å². The molecule has 0 unspecified atom stereocenters. The van der Waals surface area contributed by atoms with E-state index in [2.05, 4.69) is 4.99 Å². The first-order valence-electron chi connectivity index (χ1n) is 15.9. The van der Waals surface area contributed by atoms with Crippen molar-refractivity contribution in [3.63, 3.8) is 0 Å². The van der Waals surface area contributed by atoms with Crippen LogP contribution in [0.4, 0.5) is 19.2 Å². The van der Waals surface area contributed by atoms with Crippen molar-refractivity contribution in [3.8, 4) is 0 Å². The number of aliphatic imine (C=N–C) groups is 1. The summed E-state index contributed by atoms with van der Waals surface area (Å²) in [6.07, 6.45) is -4.71. The molecular weight excluding hydrogens is 621 g/mol. The largest absolute Gasteiger partial charge is 0.494 e. The van der Waals surface area contributed by atoms with Crippen molar-refractivity contribution >= 4 is 42.9 Å². The van der Waals surface area contributed by atoms with Crippen LogP contribution in [0.5, 0.6) is 0 Å². The average Bonchev–Trinajstić information content (AvgIpc) is 3.04. The Kier molecular flexibility index (Phi) is 11.9. The number of guanidine groups is 1. The minimum absolute atomic E-state index is 0.327. The molecule has 0 aromatic heterocycles. The van der Waals surface area contributed by atoms with Crippen molar-refractivity contribution in [3.05, 3.63) is 29.8 Å².